The topological polar surface area (TPSA) is 32.8 Å². The lowest BCUT2D eigenvalue weighted by molar-refractivity contribution is -0.133. The monoisotopic (exact) mass is 366 g/mol. The van der Waals surface area contributed by atoms with Crippen LogP contribution < -0.4 is 4.74 Å². The van der Waals surface area contributed by atoms with Gasteiger partial charge >= 0.3 is 6.61 Å². The largest absolute Gasteiger partial charge is 0.434 e. The van der Waals surface area contributed by atoms with E-state index >= 15 is 0 Å². The van der Waals surface area contributed by atoms with E-state index in [1.165, 1.54) is 25.7 Å². The van der Waals surface area contributed by atoms with Gasteiger partial charge in [0.2, 0.25) is 5.91 Å². The highest BCUT2D eigenvalue weighted by Crippen LogP contribution is 2.29. The Hall–Kier alpha value is -1.69. The van der Waals surface area contributed by atoms with E-state index in [0.29, 0.717) is 26.1 Å². The van der Waals surface area contributed by atoms with Crippen molar-refractivity contribution < 1.29 is 18.3 Å². The summed E-state index contributed by atoms with van der Waals surface area (Å²) < 4.78 is 29.6. The van der Waals surface area contributed by atoms with Crippen LogP contribution in [0.4, 0.5) is 8.78 Å². The summed E-state index contributed by atoms with van der Waals surface area (Å²) in [4.78, 5) is 16.5. The molecule has 3 rings (SSSR count). The molecular weight excluding hydrogens is 338 g/mol. The minimum Gasteiger partial charge on any atom is -0.434 e. The zero-order chi connectivity index (χ0) is 18.4. The van der Waals surface area contributed by atoms with Crippen LogP contribution in [0.2, 0.25) is 0 Å². The van der Waals surface area contributed by atoms with Crippen LogP contribution in [0.25, 0.3) is 0 Å². The highest BCUT2D eigenvalue weighted by molar-refractivity contribution is 5.76. The van der Waals surface area contributed by atoms with E-state index < -0.39 is 6.61 Å². The number of carbonyl (C=O) groups excluding carboxylic acids is 1. The molecule has 4 nitrogen and oxygen atoms in total. The Labute approximate surface area is 154 Å². The molecule has 0 N–H and O–H groups in total. The Morgan fingerprint density at radius 1 is 1.12 bits per heavy atom. The van der Waals surface area contributed by atoms with Gasteiger partial charge in [-0.25, -0.2) is 0 Å². The van der Waals surface area contributed by atoms with Crippen LogP contribution in [-0.2, 0) is 11.3 Å². The molecule has 0 bridgehead atoms. The lowest BCUT2D eigenvalue weighted by Crippen LogP contribution is -2.48. The van der Waals surface area contributed by atoms with Crippen LogP contribution in [-0.4, -0.2) is 48.5 Å². The van der Waals surface area contributed by atoms with Crippen molar-refractivity contribution in [3.8, 4) is 5.75 Å². The molecule has 26 heavy (non-hydrogen) atoms. The lowest BCUT2D eigenvalue weighted by Gasteiger charge is -2.35. The van der Waals surface area contributed by atoms with Crippen molar-refractivity contribution in [1.82, 2.24) is 9.80 Å². The number of carbonyl (C=O) groups is 1. The first-order valence-corrected chi connectivity index (χ1v) is 9.64. The number of rotatable bonds is 7. The second kappa shape index (κ2) is 9.31. The summed E-state index contributed by atoms with van der Waals surface area (Å²) in [6.07, 6.45) is 6.87. The summed E-state index contributed by atoms with van der Waals surface area (Å²) >= 11 is 0. The van der Waals surface area contributed by atoms with Gasteiger partial charge in [-0.3, -0.25) is 9.69 Å². The standard InChI is InChI=1S/C20H28F2N2O2/c21-20(22)26-18-8-4-3-7-17(18)15-23-11-13-24(14-12-23)19(25)10-9-16-5-1-2-6-16/h3-4,7-8,16,20H,1-2,5-6,9-15H2. The maximum Gasteiger partial charge on any atom is 0.387 e. The first-order valence-electron chi connectivity index (χ1n) is 9.64. The van der Waals surface area contributed by atoms with E-state index in [1.54, 1.807) is 12.1 Å². The van der Waals surface area contributed by atoms with Gasteiger partial charge in [0.15, 0.2) is 0 Å². The van der Waals surface area contributed by atoms with E-state index in [-0.39, 0.29) is 11.7 Å². The third-order valence-electron chi connectivity index (χ3n) is 5.55. The third kappa shape index (κ3) is 5.40. The number of hydrogen-bond acceptors (Lipinski definition) is 3. The molecule has 1 aromatic carbocycles. The molecule has 1 aromatic rings. The molecule has 0 radical (unpaired) electrons. The fourth-order valence-corrected chi connectivity index (χ4v) is 4.03. The summed E-state index contributed by atoms with van der Waals surface area (Å²) in [5.41, 5.74) is 0.758. The molecule has 0 spiro atoms. The van der Waals surface area contributed by atoms with Gasteiger partial charge in [0.05, 0.1) is 0 Å². The van der Waals surface area contributed by atoms with Gasteiger partial charge in [0, 0.05) is 44.7 Å². The SMILES string of the molecule is O=C(CCC1CCCC1)N1CCN(Cc2ccccc2OC(F)F)CC1. The van der Waals surface area contributed by atoms with Crippen LogP contribution in [0.5, 0.6) is 5.75 Å². The van der Waals surface area contributed by atoms with E-state index in [9.17, 15) is 13.6 Å². The highest BCUT2D eigenvalue weighted by Gasteiger charge is 2.23. The predicted octanol–water partition coefficient (Wildman–Crippen LogP) is 3.90. The van der Waals surface area contributed by atoms with Crippen LogP contribution in [0, 0.1) is 5.92 Å². The van der Waals surface area contributed by atoms with Crippen LogP contribution in [0.3, 0.4) is 0 Å². The molecule has 1 saturated carbocycles. The molecule has 0 aromatic heterocycles. The molecule has 6 heteroatoms. The second-order valence-corrected chi connectivity index (χ2v) is 7.33. The van der Waals surface area contributed by atoms with E-state index in [0.717, 1.165) is 31.0 Å². The molecule has 0 atom stereocenters. The maximum absolute atomic E-state index is 12.5. The molecular formula is C20H28F2N2O2. The van der Waals surface area contributed by atoms with Gasteiger partial charge in [0.1, 0.15) is 5.75 Å². The fraction of sp³-hybridized carbons (Fsp3) is 0.650. The third-order valence-corrected chi connectivity index (χ3v) is 5.55. The molecule has 144 valence electrons. The van der Waals surface area contributed by atoms with Crippen molar-refractivity contribution in [2.24, 2.45) is 5.92 Å². The van der Waals surface area contributed by atoms with Gasteiger partial charge < -0.3 is 9.64 Å². The number of alkyl halides is 2. The van der Waals surface area contributed by atoms with Crippen molar-refractivity contribution in [1.29, 1.82) is 0 Å². The first-order chi connectivity index (χ1) is 12.6. The molecule has 1 amide bonds. The molecule has 2 fully saturated rings. The number of benzene rings is 1. The summed E-state index contributed by atoms with van der Waals surface area (Å²) in [7, 11) is 0. The normalized spacial score (nSPS) is 19.3. The zero-order valence-electron chi connectivity index (χ0n) is 15.2. The zero-order valence-corrected chi connectivity index (χ0v) is 15.2. The number of para-hydroxylation sites is 1. The smallest absolute Gasteiger partial charge is 0.387 e. The minimum atomic E-state index is -2.81. The number of piperazine rings is 1. The lowest BCUT2D eigenvalue weighted by atomic mass is 10.0. The van der Waals surface area contributed by atoms with Gasteiger partial charge in [-0.1, -0.05) is 43.9 Å². The Bertz CT molecular complexity index is 583. The molecule has 1 saturated heterocycles. The minimum absolute atomic E-state index is 0.234. The van der Waals surface area contributed by atoms with E-state index in [1.807, 2.05) is 17.0 Å². The summed E-state index contributed by atoms with van der Waals surface area (Å²) in [6, 6.07) is 6.92. The Balaban J connectivity index is 1.44. The molecule has 1 heterocycles. The Morgan fingerprint density at radius 3 is 2.50 bits per heavy atom. The fourth-order valence-electron chi connectivity index (χ4n) is 4.03. The number of hydrogen-bond donors (Lipinski definition) is 0. The molecule has 1 aliphatic carbocycles. The van der Waals surface area contributed by atoms with E-state index in [2.05, 4.69) is 9.64 Å². The van der Waals surface area contributed by atoms with Crippen molar-refractivity contribution >= 4 is 5.91 Å². The second-order valence-electron chi connectivity index (χ2n) is 7.33. The van der Waals surface area contributed by atoms with E-state index in [4.69, 9.17) is 0 Å². The quantitative estimate of drug-likeness (QED) is 0.734. The van der Waals surface area contributed by atoms with Gasteiger partial charge in [-0.2, -0.15) is 8.78 Å². The molecule has 2 aliphatic rings. The number of nitrogens with zero attached hydrogens (tertiary/aromatic N) is 2. The maximum atomic E-state index is 12.5. The average molecular weight is 366 g/mol. The number of amides is 1. The van der Waals surface area contributed by atoms with Crippen molar-refractivity contribution in [3.63, 3.8) is 0 Å². The van der Waals surface area contributed by atoms with Crippen molar-refractivity contribution in [3.05, 3.63) is 29.8 Å². The van der Waals surface area contributed by atoms with Crippen LogP contribution in [0.1, 0.15) is 44.1 Å². The predicted molar refractivity (Wildman–Crippen MR) is 96.1 cm³/mol. The summed E-state index contributed by atoms with van der Waals surface area (Å²) in [5, 5.41) is 0. The van der Waals surface area contributed by atoms with Gasteiger partial charge in [-0.05, 0) is 18.4 Å². The van der Waals surface area contributed by atoms with Crippen molar-refractivity contribution in [2.75, 3.05) is 26.2 Å². The molecule has 0 unspecified atom stereocenters. The average Bonchev–Trinajstić information content (AvgIpc) is 3.15. The van der Waals surface area contributed by atoms with Crippen LogP contribution in [0.15, 0.2) is 24.3 Å². The summed E-state index contributed by atoms with van der Waals surface area (Å²) in [6.45, 7) is 0.692. The Kier molecular flexibility index (Phi) is 6.83. The van der Waals surface area contributed by atoms with Gasteiger partial charge in [-0.15, -0.1) is 0 Å². The highest BCUT2D eigenvalue weighted by atomic mass is 19.3. The first kappa shape index (κ1) is 19.1. The molecule has 1 aliphatic heterocycles. The summed E-state index contributed by atoms with van der Waals surface area (Å²) in [5.74, 6) is 1.24. The number of halogens is 2. The van der Waals surface area contributed by atoms with Crippen LogP contribution >= 0.6 is 0 Å². The Morgan fingerprint density at radius 2 is 1.81 bits per heavy atom. The number of ether oxygens (including phenoxy) is 1. The van der Waals surface area contributed by atoms with Gasteiger partial charge in [0.25, 0.3) is 0 Å². The van der Waals surface area contributed by atoms with Crippen molar-refractivity contribution in [2.45, 2.75) is 51.7 Å².